The molecule has 0 saturated heterocycles. The van der Waals surface area contributed by atoms with Crippen LogP contribution in [0.5, 0.6) is 0 Å². The van der Waals surface area contributed by atoms with E-state index in [4.69, 9.17) is 59.8 Å². The van der Waals surface area contributed by atoms with Gasteiger partial charge in [-0.3, -0.25) is 27.4 Å². The summed E-state index contributed by atoms with van der Waals surface area (Å²) in [6, 6.07) is 86.7. The van der Waals surface area contributed by atoms with Gasteiger partial charge in [0, 0.05) is 87.0 Å². The molecule has 0 spiro atoms. The average Bonchev–Trinajstić information content (AvgIpc) is 2.32. The minimum absolute atomic E-state index is 0.492. The van der Waals surface area contributed by atoms with Gasteiger partial charge in [0.15, 0.2) is 0 Å². The molecule has 0 radical (unpaired) electrons. The molecule has 0 saturated carbocycles. The maximum atomic E-state index is 5.12. The van der Waals surface area contributed by atoms with E-state index in [2.05, 4.69) is 71.3 Å². The van der Waals surface area contributed by atoms with E-state index in [-0.39, 0.29) is 0 Å². The van der Waals surface area contributed by atoms with Crippen LogP contribution < -0.4 is 0 Å². The lowest BCUT2D eigenvalue weighted by atomic mass is 10.1. The van der Waals surface area contributed by atoms with Gasteiger partial charge in [-0.05, 0) is 97.1 Å². The number of nitrogens with zero attached hydrogens (tertiary/aromatic N) is 19. The zero-order valence-corrected chi connectivity index (χ0v) is 48.3. The Kier molecular flexibility index (Phi) is 13.6. The minimum Gasteiger partial charge on any atom is -0.309 e. The van der Waals surface area contributed by atoms with Gasteiger partial charge in [0.2, 0.25) is 0 Å². The molecule has 0 atom stereocenters. The predicted octanol–water partition coefficient (Wildman–Crippen LogP) is 14.2. The maximum Gasteiger partial charge on any atom is 0.144 e. The molecule has 0 unspecified atom stereocenters. The van der Waals surface area contributed by atoms with Crippen LogP contribution in [0.1, 0.15) is 0 Å². The van der Waals surface area contributed by atoms with Gasteiger partial charge in [-0.1, -0.05) is 127 Å². The van der Waals surface area contributed by atoms with E-state index in [9.17, 15) is 0 Å². The molecule has 12 bridgehead atoms. The Morgan fingerprint density at radius 3 is 0.626 bits per heavy atom. The lowest BCUT2D eigenvalue weighted by Crippen LogP contribution is -2.07. The fourth-order valence-electron chi connectivity index (χ4n) is 11.6. The third-order valence-electron chi connectivity index (χ3n) is 15.6. The van der Waals surface area contributed by atoms with Crippen LogP contribution >= 0.6 is 0 Å². The molecule has 8 heterocycles. The summed E-state index contributed by atoms with van der Waals surface area (Å²) in [7, 11) is 0. The number of rotatable bonds is 7. The minimum atomic E-state index is 0.492. The molecule has 0 amide bonds. The molecule has 0 fully saturated rings. The largest absolute Gasteiger partial charge is 0.309 e. The number of para-hydroxylation sites is 7. The Bertz CT molecular complexity index is 5460. The van der Waals surface area contributed by atoms with Crippen molar-refractivity contribution in [3.05, 3.63) is 299 Å². The lowest BCUT2D eigenvalue weighted by molar-refractivity contribution is 0.997. The van der Waals surface area contributed by atoms with Crippen LogP contribution in [0.25, 0.3) is 129 Å². The van der Waals surface area contributed by atoms with Gasteiger partial charge in [0.1, 0.15) is 106 Å². The molecule has 8 aromatic carbocycles. The molecular weight excluding hydrogens is 1130 g/mol. The summed E-state index contributed by atoms with van der Waals surface area (Å²) >= 11 is 0. The van der Waals surface area contributed by atoms with Gasteiger partial charge in [-0.2, -0.15) is 0 Å². The van der Waals surface area contributed by atoms with E-state index < -0.39 is 0 Å². The molecular formula is C72H49N19. The zero-order chi connectivity index (χ0) is 60.5. The molecule has 432 valence electrons. The summed E-state index contributed by atoms with van der Waals surface area (Å²) < 4.78 is 14.2. The first-order chi connectivity index (χ1) is 45.1. The number of aromatic nitrogens is 19. The summed E-state index contributed by atoms with van der Waals surface area (Å²) in [5, 5.41) is 2.10. The Balaban J connectivity index is 1.11. The second-order valence-corrected chi connectivity index (χ2v) is 21.0. The van der Waals surface area contributed by atoms with Crippen molar-refractivity contribution in [1.29, 1.82) is 0 Å². The summed E-state index contributed by atoms with van der Waals surface area (Å²) in [6.07, 6.45) is 9.32. The van der Waals surface area contributed by atoms with Gasteiger partial charge in [0.05, 0.1) is 11.0 Å². The van der Waals surface area contributed by atoms with Gasteiger partial charge in [-0.15, -0.1) is 0 Å². The van der Waals surface area contributed by atoms with E-state index in [1.54, 1.807) is 38.0 Å². The van der Waals surface area contributed by atoms with Crippen LogP contribution in [0.15, 0.2) is 299 Å². The van der Waals surface area contributed by atoms with Crippen LogP contribution in [0, 0.1) is 0 Å². The van der Waals surface area contributed by atoms with Crippen LogP contribution in [0.4, 0.5) is 0 Å². The molecule has 0 N–H and O–H groups in total. The molecule has 16 aromatic rings. The number of fused-ring (bicyclic) bond motifs is 15. The zero-order valence-electron chi connectivity index (χ0n) is 48.3. The Morgan fingerprint density at radius 2 is 0.363 bits per heavy atom. The van der Waals surface area contributed by atoms with Crippen LogP contribution in [0.3, 0.4) is 0 Å². The first-order valence-electron chi connectivity index (χ1n) is 29.2. The van der Waals surface area contributed by atoms with Crippen molar-refractivity contribution in [2.75, 3.05) is 0 Å². The van der Waals surface area contributed by atoms with Crippen molar-refractivity contribution >= 4 is 89.6 Å². The van der Waals surface area contributed by atoms with E-state index in [0.29, 0.717) is 67.8 Å². The highest BCUT2D eigenvalue weighted by atomic mass is 15.2. The van der Waals surface area contributed by atoms with Gasteiger partial charge in [0.25, 0.3) is 0 Å². The molecule has 19 heteroatoms. The SMILES string of the molecule is c1ccc(-n2c3cc(ncn3)n(-c3ccccc3)c3cc(ncn3)n(-c3ccccc3)c3cc(ncn3)n(-c3ccc4c(c3)c3ccccc3n4-c3ccccc3)c3cc(ncn3)n(-c3ccccc3)c3cc(ncn3)n(-c3ccccc3)c3cc2ncn3)cc1. The fourth-order valence-corrected chi connectivity index (χ4v) is 11.6. The van der Waals surface area contributed by atoms with Crippen molar-refractivity contribution in [2.45, 2.75) is 0 Å². The van der Waals surface area contributed by atoms with E-state index in [1.165, 1.54) is 0 Å². The van der Waals surface area contributed by atoms with Gasteiger partial charge < -0.3 is 4.57 Å². The summed E-state index contributed by atoms with van der Waals surface area (Å²) in [5.41, 5.74) is 13.8. The molecule has 0 aliphatic heterocycles. The van der Waals surface area contributed by atoms with Crippen molar-refractivity contribution in [3.63, 3.8) is 0 Å². The van der Waals surface area contributed by atoms with E-state index in [0.717, 1.165) is 61.6 Å². The summed E-state index contributed by atoms with van der Waals surface area (Å²) in [4.78, 5) is 60.2. The number of hydrogen-bond donors (Lipinski definition) is 0. The molecule has 8 aromatic heterocycles. The lowest BCUT2D eigenvalue weighted by Gasteiger charge is -2.14. The highest BCUT2D eigenvalue weighted by molar-refractivity contribution is 6.10. The fraction of sp³-hybridized carbons (Fsp3) is 0. The molecule has 0 aliphatic rings. The van der Waals surface area contributed by atoms with Crippen LogP contribution in [-0.4, -0.2) is 91.8 Å². The van der Waals surface area contributed by atoms with Crippen molar-refractivity contribution in [2.24, 2.45) is 0 Å². The maximum absolute atomic E-state index is 5.12. The van der Waals surface area contributed by atoms with Gasteiger partial charge in [-0.25, -0.2) is 59.8 Å². The van der Waals surface area contributed by atoms with Crippen molar-refractivity contribution in [1.82, 2.24) is 91.8 Å². The summed E-state index contributed by atoms with van der Waals surface area (Å²) in [6.45, 7) is 0. The highest BCUT2D eigenvalue weighted by Crippen LogP contribution is 2.34. The Labute approximate surface area is 517 Å². The normalized spacial score (nSPS) is 11.3. The second-order valence-electron chi connectivity index (χ2n) is 21.0. The Hall–Kier alpha value is -13.2. The molecule has 16 rings (SSSR count). The third kappa shape index (κ3) is 10.1. The topological polar surface area (TPSA) is 189 Å². The number of benzene rings is 8. The first-order valence-corrected chi connectivity index (χ1v) is 29.2. The van der Waals surface area contributed by atoms with E-state index in [1.807, 2.05) is 222 Å². The average molecular weight is 1180 g/mol. The molecule has 19 nitrogen and oxygen atoms in total. The molecule has 91 heavy (non-hydrogen) atoms. The molecule has 0 aliphatic carbocycles. The first kappa shape index (κ1) is 53.3. The van der Waals surface area contributed by atoms with Gasteiger partial charge >= 0.3 is 0 Å². The van der Waals surface area contributed by atoms with Crippen molar-refractivity contribution in [3.8, 4) is 39.8 Å². The predicted molar refractivity (Wildman–Crippen MR) is 355 cm³/mol. The highest BCUT2D eigenvalue weighted by Gasteiger charge is 2.17. The summed E-state index contributed by atoms with van der Waals surface area (Å²) in [5.74, 6) is 0. The quantitative estimate of drug-likeness (QED) is 0.147. The number of hydrogen-bond acceptors (Lipinski definition) is 12. The van der Waals surface area contributed by atoms with Crippen molar-refractivity contribution < 1.29 is 0 Å². The standard InChI is InChI=1S/C72H49N19/c1-7-21-50(22-8-1)85-59-34-20-19-33-57(59)58-37-56(35-36-60(58)85)91-71-42-69(81-48-83-71)89(54-29-15-5-16-30-54)67-40-65(77-46-79-67)87(52-25-11-3-12-26-52)63-38-61(73-44-75-63)86(51-23-9-2-10-24-51)62-39-64(76-45-74-62)88(53-27-13-4-14-28-53)66-41-68(80-47-78-66)90(55-31-17-6-18-32-55)70-43-72(91)84-49-82-70/h1-49H. The van der Waals surface area contributed by atoms with E-state index >= 15 is 0 Å². The third-order valence-corrected chi connectivity index (χ3v) is 15.6. The van der Waals surface area contributed by atoms with Crippen LogP contribution in [-0.2, 0) is 0 Å². The second kappa shape index (κ2) is 23.3. The smallest absolute Gasteiger partial charge is 0.144 e. The van der Waals surface area contributed by atoms with Crippen LogP contribution in [0.2, 0.25) is 0 Å². The monoisotopic (exact) mass is 1180 g/mol. The Morgan fingerprint density at radius 1 is 0.154 bits per heavy atom.